The molecule has 0 radical (unpaired) electrons. The largest absolute Gasteiger partial charge is 0.497 e. The summed E-state index contributed by atoms with van der Waals surface area (Å²) >= 11 is 0. The van der Waals surface area contributed by atoms with Crippen molar-refractivity contribution in [2.45, 2.75) is 69.6 Å². The number of rotatable bonds is 12. The van der Waals surface area contributed by atoms with Crippen LogP contribution in [0.15, 0.2) is 72.8 Å². The average molecular weight is 608 g/mol. The summed E-state index contributed by atoms with van der Waals surface area (Å²) in [4.78, 5) is 13.9. The van der Waals surface area contributed by atoms with Gasteiger partial charge in [0.25, 0.3) is 5.91 Å². The Labute approximate surface area is 257 Å². The van der Waals surface area contributed by atoms with E-state index in [1.54, 1.807) is 17.5 Å². The molecule has 3 aromatic carbocycles. The molecule has 1 amide bonds. The van der Waals surface area contributed by atoms with E-state index in [1.165, 1.54) is 0 Å². The smallest absolute Gasteiger partial charge is 0.251 e. The van der Waals surface area contributed by atoms with E-state index in [4.69, 9.17) is 4.74 Å². The van der Waals surface area contributed by atoms with E-state index in [2.05, 4.69) is 10.6 Å². The quantitative estimate of drug-likeness (QED) is 0.169. The van der Waals surface area contributed by atoms with Gasteiger partial charge >= 0.3 is 0 Å². The zero-order valence-electron chi connectivity index (χ0n) is 25.0. The van der Waals surface area contributed by atoms with Crippen LogP contribution in [-0.2, 0) is 13.0 Å². The number of anilines is 1. The minimum atomic E-state index is -2.93. The Kier molecular flexibility index (Phi) is 10.6. The fourth-order valence-electron chi connectivity index (χ4n) is 6.20. The lowest BCUT2D eigenvalue weighted by atomic mass is 9.94. The number of methoxy groups -OCH3 is 1. The number of aliphatic hydroxyl groups is 1. The number of hydrogen-bond donors (Lipinski definition) is 5. The molecule has 2 aliphatic rings. The minimum absolute atomic E-state index is 0.276. The molecule has 5 rings (SSSR count). The first-order chi connectivity index (χ1) is 20.8. The van der Waals surface area contributed by atoms with E-state index < -0.39 is 22.9 Å². The van der Waals surface area contributed by atoms with Gasteiger partial charge in [0.1, 0.15) is 5.75 Å². The predicted molar refractivity (Wildman–Crippen MR) is 174 cm³/mol. The molecule has 2 atom stereocenters. The van der Waals surface area contributed by atoms with Crippen LogP contribution in [0.3, 0.4) is 0 Å². The summed E-state index contributed by atoms with van der Waals surface area (Å²) in [6.45, 7) is 1.39. The average Bonchev–Trinajstić information content (AvgIpc) is 3.56. The monoisotopic (exact) mass is 607 g/mol. The molecule has 1 heterocycles. The molecule has 43 heavy (non-hydrogen) atoms. The maximum Gasteiger partial charge on any atom is 0.251 e. The molecule has 232 valence electrons. The second-order valence-electron chi connectivity index (χ2n) is 11.8. The van der Waals surface area contributed by atoms with Gasteiger partial charge in [-0.25, -0.2) is 0 Å². The number of benzene rings is 3. The molecule has 2 fully saturated rings. The maximum absolute atomic E-state index is 13.9. The van der Waals surface area contributed by atoms with Crippen molar-refractivity contribution in [3.63, 3.8) is 0 Å². The number of nitrogens with one attached hydrogen (secondary N) is 2. The number of ether oxygens (including phenoxy) is 1. The van der Waals surface area contributed by atoms with Gasteiger partial charge < -0.3 is 20.5 Å². The van der Waals surface area contributed by atoms with Crippen LogP contribution in [0.1, 0.15) is 71.5 Å². The number of hydrogen-bond acceptors (Lipinski definition) is 7. The van der Waals surface area contributed by atoms with E-state index >= 15 is 0 Å². The Bertz CT molecular complexity index is 1350. The van der Waals surface area contributed by atoms with Crippen molar-refractivity contribution >= 4 is 22.4 Å². The first-order valence-corrected chi connectivity index (χ1v) is 17.0. The van der Waals surface area contributed by atoms with E-state index in [0.717, 1.165) is 61.0 Å². The highest BCUT2D eigenvalue weighted by Crippen LogP contribution is 2.50. The third-order valence-corrected chi connectivity index (χ3v) is 10.5. The van der Waals surface area contributed by atoms with Crippen molar-refractivity contribution in [1.82, 2.24) is 10.6 Å². The molecule has 0 aromatic heterocycles. The van der Waals surface area contributed by atoms with Crippen molar-refractivity contribution in [3.8, 4) is 5.75 Å². The van der Waals surface area contributed by atoms with Crippen LogP contribution in [0.4, 0.5) is 5.69 Å². The second kappa shape index (κ2) is 14.6. The number of carbonyl (C=O) groups excluding carboxylic acids is 1. The van der Waals surface area contributed by atoms with Gasteiger partial charge in [0.05, 0.1) is 30.7 Å². The van der Waals surface area contributed by atoms with Gasteiger partial charge in [0.15, 0.2) is 0 Å². The molecular weight excluding hydrogens is 562 g/mol. The molecule has 1 saturated carbocycles. The first-order valence-electron chi connectivity index (χ1n) is 15.4. The Morgan fingerprint density at radius 3 is 2.49 bits per heavy atom. The predicted octanol–water partition coefficient (Wildman–Crippen LogP) is 6.11. The molecule has 5 N–H and O–H groups in total. The van der Waals surface area contributed by atoms with E-state index in [-0.39, 0.29) is 12.5 Å². The molecule has 1 saturated heterocycles. The van der Waals surface area contributed by atoms with Gasteiger partial charge in [-0.1, -0.05) is 55.3 Å². The van der Waals surface area contributed by atoms with Crippen molar-refractivity contribution < 1.29 is 23.7 Å². The van der Waals surface area contributed by atoms with Crippen molar-refractivity contribution in [2.24, 2.45) is 0 Å². The molecule has 0 bridgehead atoms. The molecule has 0 spiro atoms. The summed E-state index contributed by atoms with van der Waals surface area (Å²) in [7, 11) is -1.29. The second-order valence-corrected chi connectivity index (χ2v) is 13.9. The highest BCUT2D eigenvalue weighted by molar-refractivity contribution is 8.25. The lowest BCUT2D eigenvalue weighted by molar-refractivity contribution is 0.0830. The fourth-order valence-corrected chi connectivity index (χ4v) is 7.88. The Hall–Kier alpha value is -3.08. The van der Waals surface area contributed by atoms with Gasteiger partial charge in [-0.15, -0.1) is 10.8 Å². The van der Waals surface area contributed by atoms with Crippen LogP contribution in [-0.4, -0.2) is 58.2 Å². The number of nitrogens with zero attached hydrogens (tertiary/aromatic N) is 1. The fraction of sp³-hybridized carbons (Fsp3) is 0.441. The normalized spacial score (nSPS) is 19.0. The Morgan fingerprint density at radius 1 is 0.977 bits per heavy atom. The number of carbonyl (C=O) groups is 1. The summed E-state index contributed by atoms with van der Waals surface area (Å²) in [5.41, 5.74) is 4.29. The van der Waals surface area contributed by atoms with Crippen LogP contribution in [0.2, 0.25) is 0 Å². The van der Waals surface area contributed by atoms with Gasteiger partial charge in [-0.3, -0.25) is 18.2 Å². The molecule has 3 aromatic rings. The van der Waals surface area contributed by atoms with Gasteiger partial charge in [0.2, 0.25) is 0 Å². The first kappa shape index (κ1) is 31.3. The topological polar surface area (TPSA) is 114 Å². The zero-order chi connectivity index (χ0) is 30.2. The standard InChI is InChI=1S/C34H45N3O5S/c1-42-31-15-9-12-26(18-31)23-35-24-33(38)32(19-25-10-3-2-4-11-25)36-34(39)29-20-28(27-13-5-6-14-27)21-30(22-29)37-16-7-8-17-43(37,40)41/h2-4,9-12,15,18,20-22,27,32-33,35,38,40-41H,5-8,13-14,16-17,19,23-24H2,1H3,(H,36,39)/t32-,33-/m0/s1. The maximum atomic E-state index is 13.9. The highest BCUT2D eigenvalue weighted by Gasteiger charge is 2.30. The number of amides is 1. The third kappa shape index (κ3) is 8.31. The number of aliphatic hydroxyl groups excluding tert-OH is 1. The SMILES string of the molecule is COc1cccc(CNC[C@H](O)[C@H](Cc2ccccc2)NC(=O)c2cc(C3CCCC3)cc(N3CCCCS3(O)O)c2)c1. The van der Waals surface area contributed by atoms with Crippen LogP contribution in [0.5, 0.6) is 5.75 Å². The van der Waals surface area contributed by atoms with E-state index in [1.807, 2.05) is 66.7 Å². The van der Waals surface area contributed by atoms with Gasteiger partial charge in [-0.2, -0.15) is 0 Å². The molecule has 1 aliphatic carbocycles. The third-order valence-electron chi connectivity index (χ3n) is 8.60. The van der Waals surface area contributed by atoms with E-state index in [9.17, 15) is 19.0 Å². The van der Waals surface area contributed by atoms with Crippen LogP contribution in [0, 0.1) is 0 Å². The Morgan fingerprint density at radius 2 is 1.74 bits per heavy atom. The summed E-state index contributed by atoms with van der Waals surface area (Å²) < 4.78 is 28.8. The molecular formula is C34H45N3O5S. The van der Waals surface area contributed by atoms with Crippen LogP contribution < -0.4 is 19.7 Å². The van der Waals surface area contributed by atoms with Crippen molar-refractivity contribution in [2.75, 3.05) is 30.3 Å². The van der Waals surface area contributed by atoms with Gasteiger partial charge in [-0.05, 0) is 85.0 Å². The highest BCUT2D eigenvalue weighted by atomic mass is 32.3. The molecule has 1 aliphatic heterocycles. The molecule has 0 unspecified atom stereocenters. The molecule has 8 nitrogen and oxygen atoms in total. The summed E-state index contributed by atoms with van der Waals surface area (Å²) in [5.74, 6) is 1.20. The van der Waals surface area contributed by atoms with Gasteiger partial charge in [0, 0.05) is 25.2 Å². The zero-order valence-corrected chi connectivity index (χ0v) is 25.8. The van der Waals surface area contributed by atoms with E-state index in [0.29, 0.717) is 42.4 Å². The van der Waals surface area contributed by atoms with Crippen LogP contribution in [0.25, 0.3) is 0 Å². The van der Waals surface area contributed by atoms with Crippen molar-refractivity contribution in [3.05, 3.63) is 95.1 Å². The summed E-state index contributed by atoms with van der Waals surface area (Å²) in [6, 6.07) is 22.9. The van der Waals surface area contributed by atoms with Crippen molar-refractivity contribution in [1.29, 1.82) is 0 Å². The summed E-state index contributed by atoms with van der Waals surface area (Å²) in [6.07, 6.45) is 5.72. The van der Waals surface area contributed by atoms with Crippen LogP contribution >= 0.6 is 10.8 Å². The lowest BCUT2D eigenvalue weighted by Gasteiger charge is -2.47. The lowest BCUT2D eigenvalue weighted by Crippen LogP contribution is -2.48. The summed E-state index contributed by atoms with van der Waals surface area (Å²) in [5, 5.41) is 17.8. The molecule has 9 heteroatoms. The Balaban J connectivity index is 1.35. The minimum Gasteiger partial charge on any atom is -0.497 e.